The molecule has 4 heterocycles. The molecule has 0 saturated carbocycles. The summed E-state index contributed by atoms with van der Waals surface area (Å²) in [5.41, 5.74) is 2.37. The average Bonchev–Trinajstić information content (AvgIpc) is 3.14. The second kappa shape index (κ2) is 5.17. The number of anilines is 1. The number of aromatic nitrogens is 5. The van der Waals surface area contributed by atoms with E-state index in [-0.39, 0.29) is 5.56 Å². The van der Waals surface area contributed by atoms with Gasteiger partial charge in [0, 0.05) is 13.2 Å². The van der Waals surface area contributed by atoms with E-state index >= 15 is 0 Å². The molecule has 8 heteroatoms. The molecule has 0 fully saturated rings. The Kier molecular flexibility index (Phi) is 3.12. The highest BCUT2D eigenvalue weighted by atomic mass is 32.1. The van der Waals surface area contributed by atoms with Gasteiger partial charge in [-0.15, -0.1) is 11.3 Å². The van der Waals surface area contributed by atoms with Crippen LogP contribution in [0, 0.1) is 6.92 Å². The largest absolute Gasteiger partial charge is 0.357 e. The van der Waals surface area contributed by atoms with E-state index in [0.717, 1.165) is 22.4 Å². The highest BCUT2D eigenvalue weighted by Crippen LogP contribution is 2.22. The van der Waals surface area contributed by atoms with Crippen LogP contribution in [0.3, 0.4) is 0 Å². The van der Waals surface area contributed by atoms with Crippen molar-refractivity contribution < 1.29 is 0 Å². The van der Waals surface area contributed by atoms with E-state index in [9.17, 15) is 4.79 Å². The predicted octanol–water partition coefficient (Wildman–Crippen LogP) is 2.20. The molecule has 0 unspecified atom stereocenters. The second-order valence-electron chi connectivity index (χ2n) is 5.34. The maximum absolute atomic E-state index is 12.1. The molecular formula is C15H14N6OS. The fraction of sp³-hybridized carbons (Fsp3) is 0.200. The normalized spacial score (nSPS) is 11.4. The van der Waals surface area contributed by atoms with E-state index in [2.05, 4.69) is 24.9 Å². The van der Waals surface area contributed by atoms with Crippen LogP contribution in [-0.2, 0) is 6.54 Å². The number of hydrogen-bond acceptors (Lipinski definition) is 6. The van der Waals surface area contributed by atoms with Crippen LogP contribution in [0.5, 0.6) is 0 Å². The zero-order valence-corrected chi connectivity index (χ0v) is 13.4. The standard InChI is InChI=1S/C15H14N6OS/c1-8-17-9-3-5-16-12(9)14(18-8)21(2)7-11-19-10-4-6-23-13(10)15(22)20-11/h3-6,16H,7H2,1-2H3,(H,19,20,22). The van der Waals surface area contributed by atoms with Gasteiger partial charge in [0.2, 0.25) is 0 Å². The first kappa shape index (κ1) is 13.9. The number of hydrogen-bond donors (Lipinski definition) is 2. The lowest BCUT2D eigenvalue weighted by atomic mass is 10.3. The molecule has 23 heavy (non-hydrogen) atoms. The van der Waals surface area contributed by atoms with Gasteiger partial charge in [-0.2, -0.15) is 0 Å². The third kappa shape index (κ3) is 2.36. The number of thiophene rings is 1. The molecule has 4 aromatic heterocycles. The third-order valence-electron chi connectivity index (χ3n) is 3.61. The molecule has 0 aliphatic carbocycles. The lowest BCUT2D eigenvalue weighted by Gasteiger charge is -2.18. The summed E-state index contributed by atoms with van der Waals surface area (Å²) < 4.78 is 0.654. The third-order valence-corrected chi connectivity index (χ3v) is 4.51. The Hall–Kier alpha value is -2.74. The molecule has 7 nitrogen and oxygen atoms in total. The van der Waals surface area contributed by atoms with Crippen LogP contribution < -0.4 is 10.5 Å². The number of H-pyrrole nitrogens is 2. The van der Waals surface area contributed by atoms with Crippen molar-refractivity contribution >= 4 is 38.4 Å². The molecule has 4 aromatic rings. The molecular weight excluding hydrogens is 312 g/mol. The van der Waals surface area contributed by atoms with E-state index in [0.29, 0.717) is 22.9 Å². The quantitative estimate of drug-likeness (QED) is 0.602. The Morgan fingerprint density at radius 3 is 2.96 bits per heavy atom. The zero-order valence-electron chi connectivity index (χ0n) is 12.6. The minimum absolute atomic E-state index is 0.0997. The molecule has 0 aromatic carbocycles. The van der Waals surface area contributed by atoms with E-state index in [4.69, 9.17) is 0 Å². The van der Waals surface area contributed by atoms with Gasteiger partial charge in [-0.05, 0) is 24.4 Å². The maximum atomic E-state index is 12.1. The topological polar surface area (TPSA) is 90.6 Å². The lowest BCUT2D eigenvalue weighted by Crippen LogP contribution is -2.22. The van der Waals surface area contributed by atoms with Gasteiger partial charge in [0.25, 0.3) is 5.56 Å². The average molecular weight is 326 g/mol. The second-order valence-corrected chi connectivity index (χ2v) is 6.25. The van der Waals surface area contributed by atoms with Crippen molar-refractivity contribution in [2.45, 2.75) is 13.5 Å². The molecule has 4 rings (SSSR count). The van der Waals surface area contributed by atoms with Crippen molar-refractivity contribution in [1.82, 2.24) is 24.9 Å². The summed E-state index contributed by atoms with van der Waals surface area (Å²) in [6.07, 6.45) is 1.84. The van der Waals surface area contributed by atoms with E-state index in [1.807, 2.05) is 42.6 Å². The summed E-state index contributed by atoms with van der Waals surface area (Å²) in [6, 6.07) is 3.77. The Labute approximate surface area is 135 Å². The Bertz CT molecular complexity index is 1060. The number of aromatic amines is 2. The van der Waals surface area contributed by atoms with Gasteiger partial charge in [-0.1, -0.05) is 0 Å². The van der Waals surface area contributed by atoms with Crippen molar-refractivity contribution in [2.24, 2.45) is 0 Å². The van der Waals surface area contributed by atoms with Crippen LogP contribution in [0.15, 0.2) is 28.5 Å². The van der Waals surface area contributed by atoms with Gasteiger partial charge in [0.15, 0.2) is 5.82 Å². The summed E-state index contributed by atoms with van der Waals surface area (Å²) in [6.45, 7) is 2.31. The Morgan fingerprint density at radius 2 is 2.09 bits per heavy atom. The van der Waals surface area contributed by atoms with Gasteiger partial charge >= 0.3 is 0 Å². The van der Waals surface area contributed by atoms with Crippen LogP contribution in [0.25, 0.3) is 21.3 Å². The van der Waals surface area contributed by atoms with Crippen molar-refractivity contribution in [1.29, 1.82) is 0 Å². The highest BCUT2D eigenvalue weighted by Gasteiger charge is 2.13. The fourth-order valence-electron chi connectivity index (χ4n) is 2.61. The minimum Gasteiger partial charge on any atom is -0.357 e. The van der Waals surface area contributed by atoms with Gasteiger partial charge < -0.3 is 14.9 Å². The van der Waals surface area contributed by atoms with Gasteiger partial charge in [-0.3, -0.25) is 4.79 Å². The first-order valence-corrected chi connectivity index (χ1v) is 7.99. The molecule has 0 amide bonds. The van der Waals surface area contributed by atoms with Crippen molar-refractivity contribution in [2.75, 3.05) is 11.9 Å². The number of nitrogens with zero attached hydrogens (tertiary/aromatic N) is 4. The van der Waals surface area contributed by atoms with Gasteiger partial charge in [-0.25, -0.2) is 15.0 Å². The van der Waals surface area contributed by atoms with Crippen molar-refractivity contribution in [3.8, 4) is 0 Å². The molecule has 0 spiro atoms. The van der Waals surface area contributed by atoms with Crippen molar-refractivity contribution in [3.63, 3.8) is 0 Å². The SMILES string of the molecule is Cc1nc(N(C)Cc2nc3ccsc3c(=O)[nH]2)c2[nH]ccc2n1. The number of fused-ring (bicyclic) bond motifs is 2. The maximum Gasteiger partial charge on any atom is 0.268 e. The van der Waals surface area contributed by atoms with E-state index < -0.39 is 0 Å². The van der Waals surface area contributed by atoms with Crippen LogP contribution in [0.4, 0.5) is 5.82 Å². The van der Waals surface area contributed by atoms with Crippen LogP contribution >= 0.6 is 11.3 Å². The predicted molar refractivity (Wildman–Crippen MR) is 91.0 cm³/mol. The summed E-state index contributed by atoms with van der Waals surface area (Å²) in [7, 11) is 1.92. The van der Waals surface area contributed by atoms with Gasteiger partial charge in [0.1, 0.15) is 21.9 Å². The highest BCUT2D eigenvalue weighted by molar-refractivity contribution is 7.17. The molecule has 0 aliphatic heterocycles. The minimum atomic E-state index is -0.0997. The van der Waals surface area contributed by atoms with Crippen molar-refractivity contribution in [3.05, 3.63) is 45.7 Å². The molecule has 116 valence electrons. The van der Waals surface area contributed by atoms with E-state index in [1.165, 1.54) is 11.3 Å². The van der Waals surface area contributed by atoms with Crippen LogP contribution in [-0.4, -0.2) is 32.0 Å². The van der Waals surface area contributed by atoms with Gasteiger partial charge in [0.05, 0.1) is 17.6 Å². The summed E-state index contributed by atoms with van der Waals surface area (Å²) in [5.74, 6) is 2.10. The smallest absolute Gasteiger partial charge is 0.268 e. The first-order chi connectivity index (χ1) is 11.1. The fourth-order valence-corrected chi connectivity index (χ4v) is 3.34. The first-order valence-electron chi connectivity index (χ1n) is 7.11. The number of aryl methyl sites for hydroxylation is 1. The number of rotatable bonds is 3. The van der Waals surface area contributed by atoms with Crippen LogP contribution in [0.1, 0.15) is 11.6 Å². The molecule has 0 bridgehead atoms. The molecule has 0 atom stereocenters. The molecule has 0 aliphatic rings. The lowest BCUT2D eigenvalue weighted by molar-refractivity contribution is 0.824. The monoisotopic (exact) mass is 326 g/mol. The summed E-state index contributed by atoms with van der Waals surface area (Å²) in [5, 5.41) is 1.87. The summed E-state index contributed by atoms with van der Waals surface area (Å²) >= 11 is 1.40. The molecule has 2 N–H and O–H groups in total. The Morgan fingerprint density at radius 1 is 1.22 bits per heavy atom. The van der Waals surface area contributed by atoms with E-state index in [1.54, 1.807) is 0 Å². The Balaban J connectivity index is 1.74. The summed E-state index contributed by atoms with van der Waals surface area (Å²) in [4.78, 5) is 33.4. The number of nitrogens with one attached hydrogen (secondary N) is 2. The zero-order chi connectivity index (χ0) is 16.0. The molecule has 0 saturated heterocycles. The van der Waals surface area contributed by atoms with Crippen LogP contribution in [0.2, 0.25) is 0 Å². The molecule has 0 radical (unpaired) electrons.